The molecule has 0 saturated heterocycles. The van der Waals surface area contributed by atoms with Crippen molar-refractivity contribution in [3.05, 3.63) is 58.7 Å². The number of anilines is 1. The lowest BCUT2D eigenvalue weighted by Gasteiger charge is -2.22. The highest BCUT2D eigenvalue weighted by Crippen LogP contribution is 2.29. The van der Waals surface area contributed by atoms with Crippen molar-refractivity contribution in [2.24, 2.45) is 0 Å². The second-order valence-electron chi connectivity index (χ2n) is 7.74. The molecule has 0 fully saturated rings. The summed E-state index contributed by atoms with van der Waals surface area (Å²) in [5.74, 6) is 1.03. The topological polar surface area (TPSA) is 21.3 Å². The van der Waals surface area contributed by atoms with E-state index in [2.05, 4.69) is 89.4 Å². The molecule has 0 aliphatic rings. The van der Waals surface area contributed by atoms with E-state index < -0.39 is 9.04 Å². The highest BCUT2D eigenvalue weighted by atomic mass is 28.3. The lowest BCUT2D eigenvalue weighted by atomic mass is 9.86. The van der Waals surface area contributed by atoms with Crippen molar-refractivity contribution in [3.63, 3.8) is 0 Å². The maximum atomic E-state index is 6.17. The Morgan fingerprint density at radius 1 is 0.958 bits per heavy atom. The predicted molar refractivity (Wildman–Crippen MR) is 106 cm³/mol. The zero-order valence-corrected chi connectivity index (χ0v) is 17.1. The van der Waals surface area contributed by atoms with Crippen LogP contribution in [0.25, 0.3) is 0 Å². The molecule has 0 spiro atoms. The summed E-state index contributed by atoms with van der Waals surface area (Å²) < 4.78 is 6.17. The summed E-state index contributed by atoms with van der Waals surface area (Å²) >= 11 is 0. The molecular formula is C21H30NOSi. The Hall–Kier alpha value is -1.74. The Morgan fingerprint density at radius 3 is 2.25 bits per heavy atom. The molecule has 0 aliphatic heterocycles. The number of rotatable bonds is 5. The van der Waals surface area contributed by atoms with Crippen LogP contribution < -0.4 is 9.74 Å². The maximum Gasteiger partial charge on any atom is 0.274 e. The highest BCUT2D eigenvalue weighted by Gasteiger charge is 2.17. The number of nitrogens with one attached hydrogen (secondary N) is 1. The van der Waals surface area contributed by atoms with Crippen molar-refractivity contribution in [2.75, 3.05) is 5.32 Å². The summed E-state index contributed by atoms with van der Waals surface area (Å²) in [7, 11) is -0.792. The van der Waals surface area contributed by atoms with E-state index in [-0.39, 0.29) is 5.41 Å². The maximum absolute atomic E-state index is 6.17. The van der Waals surface area contributed by atoms with Crippen LogP contribution in [0, 0.1) is 13.8 Å². The largest absolute Gasteiger partial charge is 0.542 e. The van der Waals surface area contributed by atoms with Gasteiger partial charge in [0.1, 0.15) is 5.75 Å². The Labute approximate surface area is 149 Å². The molecule has 0 bridgehead atoms. The van der Waals surface area contributed by atoms with Gasteiger partial charge in [0.2, 0.25) is 0 Å². The van der Waals surface area contributed by atoms with Crippen molar-refractivity contribution in [3.8, 4) is 5.75 Å². The molecule has 0 heterocycles. The van der Waals surface area contributed by atoms with Crippen LogP contribution in [0.1, 0.15) is 43.0 Å². The Bertz CT molecular complexity index is 701. The minimum absolute atomic E-state index is 0.131. The van der Waals surface area contributed by atoms with Crippen LogP contribution in [0.15, 0.2) is 36.4 Å². The van der Waals surface area contributed by atoms with Gasteiger partial charge in [-0.05, 0) is 67.2 Å². The van der Waals surface area contributed by atoms with Crippen LogP contribution in [0.2, 0.25) is 13.1 Å². The summed E-state index contributed by atoms with van der Waals surface area (Å²) in [4.78, 5) is 0. The molecule has 1 radical (unpaired) electrons. The summed E-state index contributed by atoms with van der Waals surface area (Å²) in [5.41, 5.74) is 6.45. The first-order chi connectivity index (χ1) is 11.2. The van der Waals surface area contributed by atoms with Gasteiger partial charge < -0.3 is 9.74 Å². The first-order valence-corrected chi connectivity index (χ1v) is 11.0. The van der Waals surface area contributed by atoms with Gasteiger partial charge in [0.15, 0.2) is 0 Å². The van der Waals surface area contributed by atoms with E-state index in [4.69, 9.17) is 4.43 Å². The van der Waals surface area contributed by atoms with Crippen molar-refractivity contribution in [1.82, 2.24) is 0 Å². The fourth-order valence-corrected chi connectivity index (χ4v) is 3.16. The average Bonchev–Trinajstić information content (AvgIpc) is 2.47. The van der Waals surface area contributed by atoms with Gasteiger partial charge in [-0.3, -0.25) is 0 Å². The van der Waals surface area contributed by atoms with Gasteiger partial charge in [-0.1, -0.05) is 39.0 Å². The zero-order valence-electron chi connectivity index (χ0n) is 16.1. The standard InChI is InChI=1S/C21H30NOSi/c1-15-8-11-19(12-16(15)2)22-14-17-9-10-18(21(3,4)5)13-20(17)23-24(6)7/h8-13,22H,14H2,1-7H3. The van der Waals surface area contributed by atoms with Crippen molar-refractivity contribution >= 4 is 14.7 Å². The highest BCUT2D eigenvalue weighted by molar-refractivity contribution is 6.49. The second-order valence-corrected chi connectivity index (χ2v) is 9.76. The predicted octanol–water partition coefficient (Wildman–Crippen LogP) is 5.84. The van der Waals surface area contributed by atoms with Crippen molar-refractivity contribution < 1.29 is 4.43 Å². The minimum atomic E-state index is -0.792. The van der Waals surface area contributed by atoms with E-state index in [0.717, 1.165) is 18.0 Å². The summed E-state index contributed by atoms with van der Waals surface area (Å²) in [6.45, 7) is 16.1. The molecule has 0 unspecified atom stereocenters. The van der Waals surface area contributed by atoms with Crippen LogP contribution in [0.3, 0.4) is 0 Å². The first-order valence-electron chi connectivity index (χ1n) is 8.59. The molecule has 0 aliphatic carbocycles. The third-order valence-electron chi connectivity index (χ3n) is 4.24. The van der Waals surface area contributed by atoms with Gasteiger partial charge in [0.25, 0.3) is 9.04 Å². The van der Waals surface area contributed by atoms with E-state index in [1.165, 1.54) is 22.3 Å². The minimum Gasteiger partial charge on any atom is -0.542 e. The molecule has 3 heteroatoms. The van der Waals surface area contributed by atoms with E-state index in [1.54, 1.807) is 0 Å². The fraction of sp³-hybridized carbons (Fsp3) is 0.429. The van der Waals surface area contributed by atoms with Crippen LogP contribution in [0.5, 0.6) is 5.75 Å². The monoisotopic (exact) mass is 340 g/mol. The van der Waals surface area contributed by atoms with E-state index in [9.17, 15) is 0 Å². The lowest BCUT2D eigenvalue weighted by Crippen LogP contribution is -2.16. The molecule has 0 atom stereocenters. The van der Waals surface area contributed by atoms with Crippen LogP contribution >= 0.6 is 0 Å². The molecule has 129 valence electrons. The smallest absolute Gasteiger partial charge is 0.274 e. The van der Waals surface area contributed by atoms with Gasteiger partial charge in [-0.2, -0.15) is 0 Å². The van der Waals surface area contributed by atoms with Crippen LogP contribution in [-0.2, 0) is 12.0 Å². The summed E-state index contributed by atoms with van der Waals surface area (Å²) in [6, 6.07) is 13.2. The number of hydrogen-bond donors (Lipinski definition) is 1. The summed E-state index contributed by atoms with van der Waals surface area (Å²) in [6.07, 6.45) is 0. The molecule has 24 heavy (non-hydrogen) atoms. The molecular weight excluding hydrogens is 310 g/mol. The lowest BCUT2D eigenvalue weighted by molar-refractivity contribution is 0.554. The van der Waals surface area contributed by atoms with Crippen molar-refractivity contribution in [2.45, 2.75) is 59.7 Å². The molecule has 0 aromatic heterocycles. The normalized spacial score (nSPS) is 11.7. The summed E-state index contributed by atoms with van der Waals surface area (Å²) in [5, 5.41) is 3.53. The molecule has 0 saturated carbocycles. The molecule has 2 rings (SSSR count). The fourth-order valence-electron chi connectivity index (χ4n) is 2.53. The number of hydrogen-bond acceptors (Lipinski definition) is 2. The second kappa shape index (κ2) is 7.43. The quantitative estimate of drug-likeness (QED) is 0.690. The van der Waals surface area contributed by atoms with E-state index in [1.807, 2.05) is 0 Å². The van der Waals surface area contributed by atoms with Gasteiger partial charge in [0, 0.05) is 17.8 Å². The van der Waals surface area contributed by atoms with Gasteiger partial charge in [0.05, 0.1) is 0 Å². The van der Waals surface area contributed by atoms with Crippen LogP contribution in [-0.4, -0.2) is 9.04 Å². The molecule has 2 nitrogen and oxygen atoms in total. The molecule has 1 N–H and O–H groups in total. The third-order valence-corrected chi connectivity index (χ3v) is 4.87. The Kier molecular flexibility index (Phi) is 5.76. The molecule has 0 amide bonds. The van der Waals surface area contributed by atoms with Gasteiger partial charge >= 0.3 is 0 Å². The Morgan fingerprint density at radius 2 is 1.67 bits per heavy atom. The Balaban J connectivity index is 2.23. The van der Waals surface area contributed by atoms with Gasteiger partial charge in [-0.15, -0.1) is 0 Å². The molecule has 2 aromatic carbocycles. The van der Waals surface area contributed by atoms with Crippen LogP contribution in [0.4, 0.5) is 5.69 Å². The number of aryl methyl sites for hydroxylation is 2. The number of benzene rings is 2. The zero-order chi connectivity index (χ0) is 17.9. The first kappa shape index (κ1) is 18.6. The van der Waals surface area contributed by atoms with Crippen molar-refractivity contribution in [1.29, 1.82) is 0 Å². The van der Waals surface area contributed by atoms with Gasteiger partial charge in [-0.25, -0.2) is 0 Å². The molecule has 2 aromatic rings. The third kappa shape index (κ3) is 4.87. The SMILES string of the molecule is Cc1ccc(NCc2ccc(C(C)(C)C)cc2O[Si](C)C)cc1C. The van der Waals surface area contributed by atoms with E-state index in [0.29, 0.717) is 0 Å². The average molecular weight is 341 g/mol. The van der Waals surface area contributed by atoms with E-state index >= 15 is 0 Å².